The fraction of sp³-hybridized carbons (Fsp3) is 0.625. The number of hydrogen-bond donors (Lipinski definition) is 1. The molecule has 19 heavy (non-hydrogen) atoms. The smallest absolute Gasteiger partial charge is 0.225 e. The van der Waals surface area contributed by atoms with Crippen molar-refractivity contribution in [2.75, 3.05) is 5.32 Å². The summed E-state index contributed by atoms with van der Waals surface area (Å²) in [6, 6.07) is 3.81. The van der Waals surface area contributed by atoms with Crippen molar-refractivity contribution >= 4 is 11.7 Å². The molecule has 0 aliphatic carbocycles. The third-order valence-electron chi connectivity index (χ3n) is 3.19. The van der Waals surface area contributed by atoms with Crippen LogP contribution in [0.2, 0.25) is 0 Å². The van der Waals surface area contributed by atoms with Gasteiger partial charge in [-0.15, -0.1) is 0 Å². The molecule has 3 heteroatoms. The van der Waals surface area contributed by atoms with Gasteiger partial charge in [0.1, 0.15) is 5.82 Å². The summed E-state index contributed by atoms with van der Waals surface area (Å²) in [5.74, 6) is 0.736. The molecule has 106 valence electrons. The summed E-state index contributed by atoms with van der Waals surface area (Å²) in [4.78, 5) is 15.8. The zero-order valence-electron chi connectivity index (χ0n) is 12.2. The normalized spacial score (nSPS) is 10.4. The van der Waals surface area contributed by atoms with E-state index in [2.05, 4.69) is 17.2 Å². The van der Waals surface area contributed by atoms with Gasteiger partial charge in [-0.2, -0.15) is 0 Å². The first-order chi connectivity index (χ1) is 9.22. The molecule has 0 bridgehead atoms. The highest BCUT2D eigenvalue weighted by Crippen LogP contribution is 2.10. The summed E-state index contributed by atoms with van der Waals surface area (Å²) in [6.45, 7) is 4.22. The summed E-state index contributed by atoms with van der Waals surface area (Å²) < 4.78 is 0. The number of anilines is 1. The van der Waals surface area contributed by atoms with Crippen molar-refractivity contribution in [3.63, 3.8) is 0 Å². The van der Waals surface area contributed by atoms with Crippen molar-refractivity contribution in [1.82, 2.24) is 4.98 Å². The molecule has 1 aromatic heterocycles. The molecule has 0 spiro atoms. The van der Waals surface area contributed by atoms with E-state index in [0.29, 0.717) is 12.2 Å². The van der Waals surface area contributed by atoms with Gasteiger partial charge in [0, 0.05) is 12.6 Å². The van der Waals surface area contributed by atoms with Gasteiger partial charge in [0.2, 0.25) is 5.91 Å². The van der Waals surface area contributed by atoms with Crippen molar-refractivity contribution in [3.8, 4) is 0 Å². The van der Waals surface area contributed by atoms with Gasteiger partial charge >= 0.3 is 0 Å². The molecule has 0 atom stereocenters. The number of rotatable bonds is 9. The molecule has 1 heterocycles. The van der Waals surface area contributed by atoms with E-state index < -0.39 is 0 Å². The lowest BCUT2D eigenvalue weighted by molar-refractivity contribution is -0.116. The van der Waals surface area contributed by atoms with E-state index >= 15 is 0 Å². The van der Waals surface area contributed by atoms with Crippen LogP contribution in [-0.4, -0.2) is 10.9 Å². The number of amides is 1. The van der Waals surface area contributed by atoms with E-state index in [4.69, 9.17) is 0 Å². The molecular formula is C16H26N2O. The molecule has 1 amide bonds. The van der Waals surface area contributed by atoms with Gasteiger partial charge in [-0.25, -0.2) is 4.98 Å². The Bertz CT molecular complexity index is 377. The van der Waals surface area contributed by atoms with E-state index in [9.17, 15) is 4.79 Å². The molecule has 0 radical (unpaired) electrons. The summed E-state index contributed by atoms with van der Waals surface area (Å²) in [6.07, 6.45) is 10.9. The maximum Gasteiger partial charge on any atom is 0.225 e. The van der Waals surface area contributed by atoms with E-state index in [1.165, 1.54) is 32.1 Å². The molecule has 0 unspecified atom stereocenters. The minimum absolute atomic E-state index is 0.0756. The monoisotopic (exact) mass is 262 g/mol. The number of aryl methyl sites for hydroxylation is 1. The maximum absolute atomic E-state index is 11.7. The minimum Gasteiger partial charge on any atom is -0.311 e. The molecule has 1 rings (SSSR count). The van der Waals surface area contributed by atoms with E-state index in [1.807, 2.05) is 19.1 Å². The Kier molecular flexibility index (Phi) is 7.87. The number of carbonyl (C=O) groups excluding carboxylic acids is 1. The molecular weight excluding hydrogens is 236 g/mol. The Morgan fingerprint density at radius 3 is 2.53 bits per heavy atom. The molecule has 0 aliphatic rings. The Morgan fingerprint density at radius 1 is 1.16 bits per heavy atom. The summed E-state index contributed by atoms with van der Waals surface area (Å²) >= 11 is 0. The first-order valence-electron chi connectivity index (χ1n) is 7.45. The van der Waals surface area contributed by atoms with E-state index in [-0.39, 0.29) is 5.91 Å². The van der Waals surface area contributed by atoms with E-state index in [0.717, 1.165) is 18.4 Å². The fourth-order valence-electron chi connectivity index (χ4n) is 2.05. The predicted molar refractivity (Wildman–Crippen MR) is 80.2 cm³/mol. The number of unbranched alkanes of at least 4 members (excludes halogenated alkanes) is 6. The molecule has 0 saturated heterocycles. The predicted octanol–water partition coefficient (Wildman–Crippen LogP) is 4.47. The number of hydrogen-bond acceptors (Lipinski definition) is 2. The van der Waals surface area contributed by atoms with Gasteiger partial charge in [-0.3, -0.25) is 4.79 Å². The lowest BCUT2D eigenvalue weighted by Gasteiger charge is -2.05. The van der Waals surface area contributed by atoms with Crippen LogP contribution in [0.3, 0.4) is 0 Å². The summed E-state index contributed by atoms with van der Waals surface area (Å²) in [5, 5.41) is 2.84. The van der Waals surface area contributed by atoms with Crippen LogP contribution in [0.15, 0.2) is 18.3 Å². The van der Waals surface area contributed by atoms with Crippen LogP contribution >= 0.6 is 0 Å². The number of carbonyl (C=O) groups is 1. The van der Waals surface area contributed by atoms with Gasteiger partial charge in [0.25, 0.3) is 0 Å². The van der Waals surface area contributed by atoms with Gasteiger partial charge in [0.05, 0.1) is 0 Å². The second-order valence-corrected chi connectivity index (χ2v) is 5.14. The summed E-state index contributed by atoms with van der Waals surface area (Å²) in [5.41, 5.74) is 1.11. The van der Waals surface area contributed by atoms with Crippen LogP contribution in [0.25, 0.3) is 0 Å². The topological polar surface area (TPSA) is 42.0 Å². The second kappa shape index (κ2) is 9.54. The van der Waals surface area contributed by atoms with Crippen molar-refractivity contribution < 1.29 is 4.79 Å². The molecule has 0 saturated carbocycles. The maximum atomic E-state index is 11.7. The molecule has 1 N–H and O–H groups in total. The SMILES string of the molecule is CCCCCCCCCC(=O)Nc1cc(C)ccn1. The summed E-state index contributed by atoms with van der Waals surface area (Å²) in [7, 11) is 0. The third-order valence-corrected chi connectivity index (χ3v) is 3.19. The zero-order chi connectivity index (χ0) is 13.9. The lowest BCUT2D eigenvalue weighted by atomic mass is 10.1. The van der Waals surface area contributed by atoms with Crippen LogP contribution < -0.4 is 5.32 Å². The van der Waals surface area contributed by atoms with Crippen LogP contribution in [0.1, 0.15) is 63.9 Å². The Balaban J connectivity index is 2.08. The highest BCUT2D eigenvalue weighted by Gasteiger charge is 2.03. The van der Waals surface area contributed by atoms with Crippen LogP contribution in [0.5, 0.6) is 0 Å². The minimum atomic E-state index is 0.0756. The average molecular weight is 262 g/mol. The van der Waals surface area contributed by atoms with Crippen molar-refractivity contribution in [3.05, 3.63) is 23.9 Å². The molecule has 3 nitrogen and oxygen atoms in total. The number of nitrogens with zero attached hydrogens (tertiary/aromatic N) is 1. The quantitative estimate of drug-likeness (QED) is 0.667. The Morgan fingerprint density at radius 2 is 1.84 bits per heavy atom. The highest BCUT2D eigenvalue weighted by molar-refractivity contribution is 5.89. The van der Waals surface area contributed by atoms with Gasteiger partial charge in [-0.1, -0.05) is 45.4 Å². The van der Waals surface area contributed by atoms with E-state index in [1.54, 1.807) is 6.20 Å². The Labute approximate surface area is 116 Å². The van der Waals surface area contributed by atoms with Crippen LogP contribution in [0, 0.1) is 6.92 Å². The van der Waals surface area contributed by atoms with Crippen LogP contribution in [-0.2, 0) is 4.79 Å². The lowest BCUT2D eigenvalue weighted by Crippen LogP contribution is -2.12. The molecule has 0 aliphatic heterocycles. The standard InChI is InChI=1S/C16H26N2O/c1-3-4-5-6-7-8-9-10-16(19)18-15-13-14(2)11-12-17-15/h11-13H,3-10H2,1-2H3,(H,17,18,19). The van der Waals surface area contributed by atoms with Crippen molar-refractivity contribution in [2.45, 2.75) is 65.2 Å². The van der Waals surface area contributed by atoms with Gasteiger partial charge in [-0.05, 0) is 31.0 Å². The Hall–Kier alpha value is -1.38. The van der Waals surface area contributed by atoms with Crippen molar-refractivity contribution in [1.29, 1.82) is 0 Å². The molecule has 1 aromatic rings. The third kappa shape index (κ3) is 7.60. The average Bonchev–Trinajstić information content (AvgIpc) is 2.37. The molecule has 0 aromatic carbocycles. The van der Waals surface area contributed by atoms with Gasteiger partial charge < -0.3 is 5.32 Å². The first kappa shape index (κ1) is 15.7. The number of pyridine rings is 1. The van der Waals surface area contributed by atoms with Gasteiger partial charge in [0.15, 0.2) is 0 Å². The first-order valence-corrected chi connectivity index (χ1v) is 7.45. The fourth-order valence-corrected chi connectivity index (χ4v) is 2.05. The number of nitrogens with one attached hydrogen (secondary N) is 1. The zero-order valence-corrected chi connectivity index (χ0v) is 12.2. The second-order valence-electron chi connectivity index (χ2n) is 5.14. The highest BCUT2D eigenvalue weighted by atomic mass is 16.1. The number of aromatic nitrogens is 1. The molecule has 0 fully saturated rings. The van der Waals surface area contributed by atoms with Crippen molar-refractivity contribution in [2.24, 2.45) is 0 Å². The van der Waals surface area contributed by atoms with Crippen LogP contribution in [0.4, 0.5) is 5.82 Å². The largest absolute Gasteiger partial charge is 0.311 e.